The molecule has 3 aliphatic rings. The molecule has 5 N–H and O–H groups in total. The maximum absolute atomic E-state index is 14.2. The van der Waals surface area contributed by atoms with E-state index >= 15 is 0 Å². The zero-order chi connectivity index (χ0) is 38.9. The molecule has 0 spiro atoms. The van der Waals surface area contributed by atoms with Crippen molar-refractivity contribution < 1.29 is 33.6 Å². The summed E-state index contributed by atoms with van der Waals surface area (Å²) < 4.78 is 0. The van der Waals surface area contributed by atoms with Crippen LogP contribution in [0.1, 0.15) is 86.3 Å². The number of likely N-dealkylation sites (N-methyl/N-ethyl adjacent to an activating group) is 1. The molecule has 2 saturated carbocycles. The number of nitrogens with zero attached hydrogens (tertiary/aromatic N) is 2. The summed E-state index contributed by atoms with van der Waals surface area (Å²) in [6, 6.07) is 4.16. The molecule has 2 aliphatic carbocycles. The molecule has 1 aromatic rings. The van der Waals surface area contributed by atoms with Gasteiger partial charge in [-0.1, -0.05) is 77.8 Å². The maximum atomic E-state index is 14.2. The molecule has 0 unspecified atom stereocenters. The van der Waals surface area contributed by atoms with E-state index in [-0.39, 0.29) is 35.5 Å². The fraction of sp³-hybridized carbons (Fsp3) is 0.658. The lowest BCUT2D eigenvalue weighted by atomic mass is 9.85. The molecule has 14 nitrogen and oxygen atoms in total. The van der Waals surface area contributed by atoms with Crippen LogP contribution < -0.4 is 26.6 Å². The Labute approximate surface area is 306 Å². The monoisotopic (exact) mass is 723 g/mol. The predicted molar refractivity (Wildman–Crippen MR) is 194 cm³/mol. The van der Waals surface area contributed by atoms with Gasteiger partial charge in [-0.3, -0.25) is 28.8 Å². The lowest BCUT2D eigenvalue weighted by Crippen LogP contribution is -2.62. The molecule has 1 aliphatic heterocycles. The predicted octanol–water partition coefficient (Wildman–Crippen LogP) is 1.90. The molecule has 1 heterocycles. The van der Waals surface area contributed by atoms with Crippen molar-refractivity contribution >= 4 is 41.4 Å². The standard InChI is InChI=1S/C38H57N7O7/c1-36(2,3)30(42-35(52)43-37(4,5)6)34(51)45-20-23-26(38(23,7)8)28(45)31(48)40-24(18-21-16-17-21)29(47)32(49)39-19-25(46)41-27(33(50)44(9)10)22-14-12-11-13-15-22/h11-15,21,23-24,26-28,30H,16-20H2,1-10H3,(H,39,49)(H,40,48)(H,41,46)(H2,42,43,52)/t23-,24-,26-,27-,28-,30+/m0/s1. The summed E-state index contributed by atoms with van der Waals surface area (Å²) in [4.78, 5) is 96.6. The summed E-state index contributed by atoms with van der Waals surface area (Å²) in [7, 11) is 3.13. The van der Waals surface area contributed by atoms with E-state index < -0.39 is 77.1 Å². The number of likely N-dealkylation sites (tertiary alicyclic amines) is 1. The van der Waals surface area contributed by atoms with Gasteiger partial charge in [0, 0.05) is 26.2 Å². The first-order valence-corrected chi connectivity index (χ1v) is 18.1. The van der Waals surface area contributed by atoms with E-state index in [1.807, 2.05) is 55.4 Å². The summed E-state index contributed by atoms with van der Waals surface area (Å²) in [5, 5.41) is 13.5. The molecule has 4 rings (SSSR count). The van der Waals surface area contributed by atoms with Gasteiger partial charge in [-0.25, -0.2) is 4.79 Å². The van der Waals surface area contributed by atoms with Crippen molar-refractivity contribution in [3.8, 4) is 0 Å². The number of carbonyl (C=O) groups is 7. The highest BCUT2D eigenvalue weighted by Crippen LogP contribution is 2.65. The summed E-state index contributed by atoms with van der Waals surface area (Å²) in [6.45, 7) is 14.9. The third-order valence-corrected chi connectivity index (χ3v) is 10.3. The fourth-order valence-electron chi connectivity index (χ4n) is 7.12. The molecule has 1 saturated heterocycles. The second kappa shape index (κ2) is 15.2. The van der Waals surface area contributed by atoms with Gasteiger partial charge in [-0.2, -0.15) is 0 Å². The minimum absolute atomic E-state index is 0.0507. The van der Waals surface area contributed by atoms with E-state index in [0.717, 1.165) is 12.8 Å². The number of hydrogen-bond donors (Lipinski definition) is 5. The van der Waals surface area contributed by atoms with E-state index in [9.17, 15) is 33.6 Å². The molecule has 0 aromatic heterocycles. The normalized spacial score (nSPS) is 22.1. The van der Waals surface area contributed by atoms with Crippen molar-refractivity contribution in [1.82, 2.24) is 36.4 Å². The third kappa shape index (κ3) is 9.68. The second-order valence-corrected chi connectivity index (χ2v) is 17.5. The number of benzene rings is 1. The number of piperidine rings is 1. The molecular formula is C38H57N7O7. The third-order valence-electron chi connectivity index (χ3n) is 10.3. The summed E-state index contributed by atoms with van der Waals surface area (Å²) >= 11 is 0. The first-order valence-electron chi connectivity index (χ1n) is 18.1. The highest BCUT2D eigenvalue weighted by atomic mass is 16.2. The SMILES string of the molecule is CN(C)C(=O)[C@@H](NC(=O)CNC(=O)C(=O)[C@H](CC1CC1)NC(=O)[C@@H]1[C@@H]2[C@H](CN1C(=O)[C@@H](NC(=O)NC(C)(C)C)C(C)(C)C)C2(C)C)c1ccccc1. The average Bonchev–Trinajstić information content (AvgIpc) is 3.90. The smallest absolute Gasteiger partial charge is 0.315 e. The zero-order valence-corrected chi connectivity index (χ0v) is 32.2. The van der Waals surface area contributed by atoms with E-state index in [1.165, 1.54) is 9.80 Å². The minimum Gasteiger partial charge on any atom is -0.347 e. The van der Waals surface area contributed by atoms with Crippen LogP contribution in [0.15, 0.2) is 30.3 Å². The molecule has 7 amide bonds. The number of carbonyl (C=O) groups excluding carboxylic acids is 7. The lowest BCUT2D eigenvalue weighted by Gasteiger charge is -2.38. The van der Waals surface area contributed by atoms with Crippen LogP contribution in [0.4, 0.5) is 4.79 Å². The first kappa shape index (κ1) is 40.3. The van der Waals surface area contributed by atoms with E-state index in [2.05, 4.69) is 26.6 Å². The van der Waals surface area contributed by atoms with Gasteiger partial charge in [0.1, 0.15) is 18.1 Å². The fourth-order valence-corrected chi connectivity index (χ4v) is 7.12. The Balaban J connectivity index is 1.46. The number of nitrogens with one attached hydrogen (secondary N) is 5. The number of urea groups is 1. The minimum atomic E-state index is -1.16. The van der Waals surface area contributed by atoms with E-state index in [0.29, 0.717) is 12.1 Å². The summed E-state index contributed by atoms with van der Waals surface area (Å²) in [5.74, 6) is -3.87. The molecule has 3 fully saturated rings. The topological polar surface area (TPSA) is 186 Å². The van der Waals surface area contributed by atoms with Crippen LogP contribution in [-0.4, -0.2) is 102 Å². The van der Waals surface area contributed by atoms with Gasteiger partial charge < -0.3 is 36.4 Å². The van der Waals surface area contributed by atoms with Crippen LogP contribution in [0, 0.1) is 28.6 Å². The van der Waals surface area contributed by atoms with Crippen molar-refractivity contribution in [2.24, 2.45) is 28.6 Å². The highest BCUT2D eigenvalue weighted by Gasteiger charge is 2.70. The van der Waals surface area contributed by atoms with Crippen molar-refractivity contribution in [3.05, 3.63) is 35.9 Å². The van der Waals surface area contributed by atoms with Gasteiger partial charge >= 0.3 is 6.03 Å². The van der Waals surface area contributed by atoms with Gasteiger partial charge in [0.15, 0.2) is 0 Å². The zero-order valence-electron chi connectivity index (χ0n) is 32.2. The Kier molecular flexibility index (Phi) is 11.8. The van der Waals surface area contributed by atoms with E-state index in [4.69, 9.17) is 0 Å². The van der Waals surface area contributed by atoms with Crippen LogP contribution >= 0.6 is 0 Å². The Morgan fingerprint density at radius 3 is 2.06 bits per heavy atom. The van der Waals surface area contributed by atoms with Gasteiger partial charge in [0.05, 0.1) is 12.6 Å². The number of amides is 7. The molecule has 286 valence electrons. The molecule has 1 aromatic carbocycles. The van der Waals surface area contributed by atoms with Gasteiger partial charge in [-0.15, -0.1) is 0 Å². The van der Waals surface area contributed by atoms with Gasteiger partial charge in [0.2, 0.25) is 29.4 Å². The number of rotatable bonds is 13. The van der Waals surface area contributed by atoms with Gasteiger partial charge in [-0.05, 0) is 61.3 Å². The van der Waals surface area contributed by atoms with Crippen LogP contribution in [0.25, 0.3) is 0 Å². The Bertz CT molecular complexity index is 1560. The average molecular weight is 724 g/mol. The number of Topliss-reactive ketones (excluding diaryl/α,β-unsaturated/α-hetero) is 1. The van der Waals surface area contributed by atoms with Crippen LogP contribution in [0.3, 0.4) is 0 Å². The van der Waals surface area contributed by atoms with Crippen molar-refractivity contribution in [1.29, 1.82) is 0 Å². The van der Waals surface area contributed by atoms with Crippen molar-refractivity contribution in [2.75, 3.05) is 27.2 Å². The second-order valence-electron chi connectivity index (χ2n) is 17.5. The molecule has 0 bridgehead atoms. The van der Waals surface area contributed by atoms with Crippen molar-refractivity contribution in [3.63, 3.8) is 0 Å². The molecular weight excluding hydrogens is 666 g/mol. The molecule has 6 atom stereocenters. The Morgan fingerprint density at radius 1 is 0.904 bits per heavy atom. The molecule has 0 radical (unpaired) electrons. The van der Waals surface area contributed by atoms with E-state index in [1.54, 1.807) is 44.4 Å². The van der Waals surface area contributed by atoms with Crippen molar-refractivity contribution in [2.45, 2.75) is 104 Å². The lowest BCUT2D eigenvalue weighted by molar-refractivity contribution is -0.145. The molecule has 14 heteroatoms. The summed E-state index contributed by atoms with van der Waals surface area (Å²) in [6.07, 6.45) is 1.95. The Morgan fingerprint density at radius 2 is 1.52 bits per heavy atom. The van der Waals surface area contributed by atoms with Crippen LogP contribution in [-0.2, 0) is 28.8 Å². The number of hydrogen-bond acceptors (Lipinski definition) is 7. The first-order chi connectivity index (χ1) is 24.0. The highest BCUT2D eigenvalue weighted by molar-refractivity contribution is 6.38. The molecule has 52 heavy (non-hydrogen) atoms. The number of fused-ring (bicyclic) bond motifs is 1. The summed E-state index contributed by atoms with van der Waals surface area (Å²) in [5.41, 5.74) is -0.890. The quantitative estimate of drug-likeness (QED) is 0.192. The number of ketones is 1. The maximum Gasteiger partial charge on any atom is 0.315 e. The van der Waals surface area contributed by atoms with Gasteiger partial charge in [0.25, 0.3) is 5.91 Å². The largest absolute Gasteiger partial charge is 0.347 e. The van der Waals surface area contributed by atoms with Crippen LogP contribution in [0.2, 0.25) is 0 Å². The van der Waals surface area contributed by atoms with Crippen LogP contribution in [0.5, 0.6) is 0 Å². The Hall–Kier alpha value is -4.49.